The number of nitrogens with one attached hydrogen (secondary N) is 1. The molecule has 1 amide bonds. The summed E-state index contributed by atoms with van der Waals surface area (Å²) in [5.74, 6) is 1.20. The molecule has 0 aliphatic heterocycles. The number of carbonyl (C=O) groups is 1. The fourth-order valence-corrected chi connectivity index (χ4v) is 2.00. The molecule has 1 aromatic heterocycles. The molecule has 0 aliphatic carbocycles. The van der Waals surface area contributed by atoms with Crippen LogP contribution < -0.4 is 15.0 Å². The number of nitrogens with zero attached hydrogens (tertiary/aromatic N) is 3. The Labute approximate surface area is 130 Å². The van der Waals surface area contributed by atoms with Gasteiger partial charge < -0.3 is 15.0 Å². The molecule has 0 radical (unpaired) electrons. The van der Waals surface area contributed by atoms with E-state index in [0.717, 1.165) is 11.4 Å². The predicted molar refractivity (Wildman–Crippen MR) is 85.1 cm³/mol. The van der Waals surface area contributed by atoms with Crippen molar-refractivity contribution in [3.63, 3.8) is 0 Å². The van der Waals surface area contributed by atoms with Crippen molar-refractivity contribution in [3.05, 3.63) is 47.5 Å². The minimum absolute atomic E-state index is 0.0858. The Balaban J connectivity index is 2.01. The molecular weight excluding hydrogens is 280 g/mol. The van der Waals surface area contributed by atoms with Crippen molar-refractivity contribution in [1.29, 1.82) is 0 Å². The molecule has 0 unspecified atom stereocenters. The summed E-state index contributed by atoms with van der Waals surface area (Å²) in [7, 11) is 3.56. The van der Waals surface area contributed by atoms with Gasteiger partial charge in [0, 0.05) is 32.3 Å². The van der Waals surface area contributed by atoms with Crippen LogP contribution in [0.5, 0.6) is 5.88 Å². The van der Waals surface area contributed by atoms with Crippen LogP contribution in [-0.4, -0.2) is 36.8 Å². The van der Waals surface area contributed by atoms with Gasteiger partial charge in [-0.1, -0.05) is 12.1 Å². The Bertz CT molecular complexity index is 611. The van der Waals surface area contributed by atoms with E-state index >= 15 is 0 Å². The van der Waals surface area contributed by atoms with Crippen LogP contribution in [0, 0.1) is 0 Å². The molecule has 0 bridgehead atoms. The van der Waals surface area contributed by atoms with E-state index in [9.17, 15) is 4.79 Å². The van der Waals surface area contributed by atoms with Gasteiger partial charge in [0.2, 0.25) is 5.88 Å². The first-order valence-corrected chi connectivity index (χ1v) is 7.12. The van der Waals surface area contributed by atoms with Crippen LogP contribution in [0.2, 0.25) is 0 Å². The Morgan fingerprint density at radius 1 is 1.18 bits per heavy atom. The summed E-state index contributed by atoms with van der Waals surface area (Å²) in [4.78, 5) is 13.5. The van der Waals surface area contributed by atoms with Crippen molar-refractivity contribution >= 4 is 11.7 Å². The fourth-order valence-electron chi connectivity index (χ4n) is 2.00. The maximum atomic E-state index is 11.5. The predicted octanol–water partition coefficient (Wildman–Crippen LogP) is 1.87. The topological polar surface area (TPSA) is 67.3 Å². The number of ether oxygens (including phenoxy) is 1. The van der Waals surface area contributed by atoms with Crippen molar-refractivity contribution in [2.45, 2.75) is 13.5 Å². The molecule has 6 heteroatoms. The molecule has 1 heterocycles. The molecule has 0 spiro atoms. The summed E-state index contributed by atoms with van der Waals surface area (Å²) in [6.07, 6.45) is 0. The third-order valence-corrected chi connectivity index (χ3v) is 3.17. The maximum absolute atomic E-state index is 11.5. The molecule has 116 valence electrons. The van der Waals surface area contributed by atoms with E-state index in [1.54, 1.807) is 13.1 Å². The highest BCUT2D eigenvalue weighted by atomic mass is 16.5. The number of carbonyl (C=O) groups excluding carboxylic acids is 1. The van der Waals surface area contributed by atoms with Crippen LogP contribution in [0.4, 0.5) is 5.82 Å². The number of hydrogen-bond donors (Lipinski definition) is 1. The third kappa shape index (κ3) is 3.94. The molecule has 0 saturated heterocycles. The summed E-state index contributed by atoms with van der Waals surface area (Å²) in [6, 6.07) is 11.2. The molecule has 0 saturated carbocycles. The molecule has 2 rings (SSSR count). The molecule has 0 aliphatic rings. The van der Waals surface area contributed by atoms with E-state index in [1.165, 1.54) is 0 Å². The highest BCUT2D eigenvalue weighted by Gasteiger charge is 2.07. The second-order valence-electron chi connectivity index (χ2n) is 4.79. The highest BCUT2D eigenvalue weighted by Crippen LogP contribution is 2.15. The van der Waals surface area contributed by atoms with Gasteiger partial charge >= 0.3 is 0 Å². The van der Waals surface area contributed by atoms with Crippen molar-refractivity contribution in [2.75, 3.05) is 25.6 Å². The monoisotopic (exact) mass is 300 g/mol. The van der Waals surface area contributed by atoms with Crippen molar-refractivity contribution in [3.8, 4) is 5.88 Å². The van der Waals surface area contributed by atoms with Gasteiger partial charge in [-0.15, -0.1) is 10.2 Å². The second-order valence-corrected chi connectivity index (χ2v) is 4.79. The van der Waals surface area contributed by atoms with E-state index < -0.39 is 0 Å². The number of amides is 1. The zero-order valence-corrected chi connectivity index (χ0v) is 13.0. The van der Waals surface area contributed by atoms with Crippen LogP contribution in [0.3, 0.4) is 0 Å². The number of rotatable bonds is 6. The van der Waals surface area contributed by atoms with Gasteiger partial charge in [0.15, 0.2) is 5.82 Å². The number of hydrogen-bond acceptors (Lipinski definition) is 5. The molecule has 1 aromatic carbocycles. The lowest BCUT2D eigenvalue weighted by molar-refractivity contribution is 0.0963. The molecule has 0 atom stereocenters. The van der Waals surface area contributed by atoms with E-state index in [-0.39, 0.29) is 5.91 Å². The molecule has 2 aromatic rings. The normalized spacial score (nSPS) is 10.1. The van der Waals surface area contributed by atoms with Crippen LogP contribution in [0.25, 0.3) is 0 Å². The van der Waals surface area contributed by atoms with Gasteiger partial charge in [-0.3, -0.25) is 4.79 Å². The quantitative estimate of drug-likeness (QED) is 0.882. The zero-order valence-electron chi connectivity index (χ0n) is 13.0. The molecule has 6 nitrogen and oxygen atoms in total. The number of benzene rings is 1. The molecular formula is C16H20N4O2. The van der Waals surface area contributed by atoms with Gasteiger partial charge in [-0.05, 0) is 30.7 Å². The SMILES string of the molecule is CCOc1ccc(N(C)Cc2ccc(C(=O)NC)cc2)nn1. The first-order valence-electron chi connectivity index (χ1n) is 7.12. The standard InChI is InChI=1S/C16H20N4O2/c1-4-22-15-10-9-14(18-19-15)20(3)11-12-5-7-13(8-6-12)16(21)17-2/h5-10H,4,11H2,1-3H3,(H,17,21). The van der Waals surface area contributed by atoms with Gasteiger partial charge in [0.25, 0.3) is 5.91 Å². The Morgan fingerprint density at radius 3 is 2.45 bits per heavy atom. The Morgan fingerprint density at radius 2 is 1.91 bits per heavy atom. The first-order chi connectivity index (χ1) is 10.6. The summed E-state index contributed by atoms with van der Waals surface area (Å²) >= 11 is 0. The lowest BCUT2D eigenvalue weighted by Gasteiger charge is -2.17. The van der Waals surface area contributed by atoms with Gasteiger partial charge in [0.1, 0.15) is 0 Å². The average molecular weight is 300 g/mol. The van der Waals surface area contributed by atoms with Crippen molar-refractivity contribution in [1.82, 2.24) is 15.5 Å². The smallest absolute Gasteiger partial charge is 0.251 e. The van der Waals surface area contributed by atoms with Crippen LogP contribution in [0.15, 0.2) is 36.4 Å². The second kappa shape index (κ2) is 7.40. The van der Waals surface area contributed by atoms with Crippen molar-refractivity contribution < 1.29 is 9.53 Å². The Kier molecular flexibility index (Phi) is 5.30. The molecule has 0 fully saturated rings. The first kappa shape index (κ1) is 15.8. The van der Waals surface area contributed by atoms with Crippen LogP contribution in [0.1, 0.15) is 22.8 Å². The summed E-state index contributed by atoms with van der Waals surface area (Å²) < 4.78 is 5.28. The lowest BCUT2D eigenvalue weighted by Crippen LogP contribution is -2.19. The molecule has 1 N–H and O–H groups in total. The van der Waals surface area contributed by atoms with Gasteiger partial charge in [-0.25, -0.2) is 0 Å². The van der Waals surface area contributed by atoms with Crippen molar-refractivity contribution in [2.24, 2.45) is 0 Å². The van der Waals surface area contributed by atoms with E-state index in [4.69, 9.17) is 4.74 Å². The third-order valence-electron chi connectivity index (χ3n) is 3.17. The number of aromatic nitrogens is 2. The Hall–Kier alpha value is -2.63. The minimum atomic E-state index is -0.0858. The summed E-state index contributed by atoms with van der Waals surface area (Å²) in [5, 5.41) is 10.8. The van der Waals surface area contributed by atoms with Gasteiger partial charge in [0.05, 0.1) is 6.61 Å². The lowest BCUT2D eigenvalue weighted by atomic mass is 10.1. The average Bonchev–Trinajstić information content (AvgIpc) is 2.55. The highest BCUT2D eigenvalue weighted by molar-refractivity contribution is 5.93. The fraction of sp³-hybridized carbons (Fsp3) is 0.312. The van der Waals surface area contributed by atoms with E-state index in [1.807, 2.05) is 49.2 Å². The zero-order chi connectivity index (χ0) is 15.9. The molecule has 22 heavy (non-hydrogen) atoms. The number of anilines is 1. The summed E-state index contributed by atoms with van der Waals surface area (Å²) in [6.45, 7) is 3.16. The van der Waals surface area contributed by atoms with Crippen LogP contribution in [-0.2, 0) is 6.54 Å². The van der Waals surface area contributed by atoms with E-state index in [2.05, 4.69) is 15.5 Å². The summed E-state index contributed by atoms with van der Waals surface area (Å²) in [5.41, 5.74) is 1.74. The van der Waals surface area contributed by atoms with Gasteiger partial charge in [-0.2, -0.15) is 0 Å². The maximum Gasteiger partial charge on any atom is 0.251 e. The van der Waals surface area contributed by atoms with Crippen LogP contribution >= 0.6 is 0 Å². The van der Waals surface area contributed by atoms with E-state index in [0.29, 0.717) is 24.6 Å². The minimum Gasteiger partial charge on any atom is -0.477 e. The largest absolute Gasteiger partial charge is 0.477 e.